The quantitative estimate of drug-likeness (QED) is 0.857. The van der Waals surface area contributed by atoms with Crippen molar-refractivity contribution >= 4 is 11.6 Å². The maximum absolute atomic E-state index is 12.0. The van der Waals surface area contributed by atoms with Crippen molar-refractivity contribution in [2.45, 2.75) is 25.7 Å². The molecule has 0 saturated heterocycles. The lowest BCUT2D eigenvalue weighted by Crippen LogP contribution is -2.21. The van der Waals surface area contributed by atoms with Gasteiger partial charge in [-0.15, -0.1) is 0 Å². The first-order chi connectivity index (χ1) is 8.74. The molecule has 18 heavy (non-hydrogen) atoms. The largest absolute Gasteiger partial charge is 0.305 e. The molecule has 0 saturated carbocycles. The fourth-order valence-electron chi connectivity index (χ4n) is 2.24. The second kappa shape index (κ2) is 4.53. The Bertz CT molecular complexity index is 634. The van der Waals surface area contributed by atoms with Gasteiger partial charge in [0.25, 0.3) is 5.56 Å². The second-order valence-electron chi connectivity index (χ2n) is 4.41. The van der Waals surface area contributed by atoms with Crippen molar-refractivity contribution in [3.8, 4) is 11.5 Å². The molecule has 0 aromatic carbocycles. The van der Waals surface area contributed by atoms with Crippen molar-refractivity contribution < 1.29 is 0 Å². The van der Waals surface area contributed by atoms with Crippen LogP contribution in [0.15, 0.2) is 23.1 Å². The minimum atomic E-state index is -0.0357. The number of nitrogens with one attached hydrogen (secondary N) is 1. The molecule has 0 spiro atoms. The van der Waals surface area contributed by atoms with Crippen molar-refractivity contribution in [2.75, 3.05) is 0 Å². The Balaban J connectivity index is 2.11. The van der Waals surface area contributed by atoms with Crippen molar-refractivity contribution in [3.63, 3.8) is 0 Å². The van der Waals surface area contributed by atoms with Crippen molar-refractivity contribution in [3.05, 3.63) is 45.0 Å². The van der Waals surface area contributed by atoms with Gasteiger partial charge in [0.15, 0.2) is 5.82 Å². The van der Waals surface area contributed by atoms with Crippen LogP contribution in [0.2, 0.25) is 5.02 Å². The van der Waals surface area contributed by atoms with E-state index < -0.39 is 0 Å². The molecule has 1 N–H and O–H groups in total. The van der Waals surface area contributed by atoms with E-state index in [0.717, 1.165) is 36.9 Å². The van der Waals surface area contributed by atoms with Crippen LogP contribution < -0.4 is 5.56 Å². The zero-order chi connectivity index (χ0) is 12.5. The number of rotatable bonds is 1. The molecular weight excluding hydrogens is 250 g/mol. The lowest BCUT2D eigenvalue weighted by molar-refractivity contribution is 0.657. The highest BCUT2D eigenvalue weighted by atomic mass is 35.5. The maximum atomic E-state index is 12.0. The first-order valence-electron chi connectivity index (χ1n) is 5.98. The van der Waals surface area contributed by atoms with Gasteiger partial charge < -0.3 is 4.98 Å². The number of hydrogen-bond acceptors (Lipinski definition) is 3. The Morgan fingerprint density at radius 2 is 2.06 bits per heavy atom. The third-order valence-corrected chi connectivity index (χ3v) is 3.39. The third kappa shape index (κ3) is 2.04. The van der Waals surface area contributed by atoms with Crippen LogP contribution in [0.4, 0.5) is 0 Å². The summed E-state index contributed by atoms with van der Waals surface area (Å²) in [6.07, 6.45) is 5.41. The number of hydrogen-bond donors (Lipinski definition) is 1. The summed E-state index contributed by atoms with van der Waals surface area (Å²) in [6.45, 7) is 0. The maximum Gasteiger partial charge on any atom is 0.254 e. The molecule has 92 valence electrons. The molecular formula is C13H12ClN3O. The summed E-state index contributed by atoms with van der Waals surface area (Å²) in [5, 5.41) is 0.569. The van der Waals surface area contributed by atoms with Crippen LogP contribution >= 0.6 is 11.6 Å². The monoisotopic (exact) mass is 261 g/mol. The van der Waals surface area contributed by atoms with Gasteiger partial charge in [-0.05, 0) is 37.8 Å². The SMILES string of the molecule is O=c1[nH]c(-c2ccc(Cl)cn2)nc2c1CCCC2. The topological polar surface area (TPSA) is 58.6 Å². The summed E-state index contributed by atoms with van der Waals surface area (Å²) < 4.78 is 0. The number of fused-ring (bicyclic) bond motifs is 1. The van der Waals surface area contributed by atoms with Gasteiger partial charge in [0.1, 0.15) is 5.69 Å². The molecule has 0 radical (unpaired) electrons. The molecule has 0 bridgehead atoms. The van der Waals surface area contributed by atoms with E-state index >= 15 is 0 Å². The molecule has 0 atom stereocenters. The molecule has 2 heterocycles. The van der Waals surface area contributed by atoms with Crippen LogP contribution in [0.1, 0.15) is 24.1 Å². The minimum Gasteiger partial charge on any atom is -0.305 e. The highest BCUT2D eigenvalue weighted by Gasteiger charge is 2.16. The lowest BCUT2D eigenvalue weighted by atomic mass is 9.97. The smallest absolute Gasteiger partial charge is 0.254 e. The number of aromatic amines is 1. The molecule has 0 amide bonds. The predicted octanol–water partition coefficient (Wildman–Crippen LogP) is 2.36. The van der Waals surface area contributed by atoms with Gasteiger partial charge in [0, 0.05) is 11.8 Å². The van der Waals surface area contributed by atoms with Crippen LogP contribution in [0.25, 0.3) is 11.5 Å². The van der Waals surface area contributed by atoms with E-state index in [1.165, 1.54) is 0 Å². The first-order valence-corrected chi connectivity index (χ1v) is 6.36. The van der Waals surface area contributed by atoms with Crippen molar-refractivity contribution in [2.24, 2.45) is 0 Å². The Morgan fingerprint density at radius 3 is 2.83 bits per heavy atom. The summed E-state index contributed by atoms with van der Waals surface area (Å²) in [6, 6.07) is 3.50. The van der Waals surface area contributed by atoms with Crippen molar-refractivity contribution in [1.29, 1.82) is 0 Å². The van der Waals surface area contributed by atoms with E-state index in [2.05, 4.69) is 15.0 Å². The van der Waals surface area contributed by atoms with E-state index in [4.69, 9.17) is 11.6 Å². The second-order valence-corrected chi connectivity index (χ2v) is 4.84. The molecule has 4 nitrogen and oxygen atoms in total. The summed E-state index contributed by atoms with van der Waals surface area (Å²) in [5.74, 6) is 0.525. The normalized spacial score (nSPS) is 14.3. The van der Waals surface area contributed by atoms with E-state index in [1.807, 2.05) is 0 Å². The van der Waals surface area contributed by atoms with Crippen LogP contribution in [0.3, 0.4) is 0 Å². The number of pyridine rings is 1. The summed E-state index contributed by atoms with van der Waals surface area (Å²) in [7, 11) is 0. The third-order valence-electron chi connectivity index (χ3n) is 3.16. The Morgan fingerprint density at radius 1 is 1.22 bits per heavy atom. The lowest BCUT2D eigenvalue weighted by Gasteiger charge is -2.14. The van der Waals surface area contributed by atoms with Crippen LogP contribution in [0, 0.1) is 0 Å². The zero-order valence-electron chi connectivity index (χ0n) is 9.74. The predicted molar refractivity (Wildman–Crippen MR) is 69.7 cm³/mol. The van der Waals surface area contributed by atoms with E-state index in [9.17, 15) is 4.79 Å². The molecule has 5 heteroatoms. The number of aryl methyl sites for hydroxylation is 1. The first kappa shape index (κ1) is 11.4. The number of halogens is 1. The van der Waals surface area contributed by atoms with Gasteiger partial charge in [0.05, 0.1) is 10.7 Å². The van der Waals surface area contributed by atoms with Gasteiger partial charge in [-0.25, -0.2) is 4.98 Å². The summed E-state index contributed by atoms with van der Waals surface area (Å²) >= 11 is 5.79. The van der Waals surface area contributed by atoms with Crippen LogP contribution in [-0.4, -0.2) is 15.0 Å². The van der Waals surface area contributed by atoms with Crippen molar-refractivity contribution in [1.82, 2.24) is 15.0 Å². The molecule has 2 aromatic heterocycles. The highest BCUT2D eigenvalue weighted by Crippen LogP contribution is 2.19. The van der Waals surface area contributed by atoms with Gasteiger partial charge in [-0.3, -0.25) is 9.78 Å². The molecule has 0 unspecified atom stereocenters. The van der Waals surface area contributed by atoms with E-state index in [-0.39, 0.29) is 5.56 Å². The van der Waals surface area contributed by atoms with E-state index in [0.29, 0.717) is 16.5 Å². The van der Waals surface area contributed by atoms with Gasteiger partial charge in [-0.1, -0.05) is 11.6 Å². The van der Waals surface area contributed by atoms with E-state index in [1.54, 1.807) is 18.3 Å². The molecule has 0 fully saturated rings. The standard InChI is InChI=1S/C13H12ClN3O/c14-8-5-6-11(15-7-8)12-16-10-4-2-1-3-9(10)13(18)17-12/h5-7H,1-4H2,(H,16,17,18). The Kier molecular flexibility index (Phi) is 2.88. The molecule has 1 aliphatic carbocycles. The average Bonchev–Trinajstić information content (AvgIpc) is 2.39. The van der Waals surface area contributed by atoms with Gasteiger partial charge >= 0.3 is 0 Å². The number of H-pyrrole nitrogens is 1. The Hall–Kier alpha value is -1.68. The number of aromatic nitrogens is 3. The van der Waals surface area contributed by atoms with Gasteiger partial charge in [0.2, 0.25) is 0 Å². The summed E-state index contributed by atoms with van der Waals surface area (Å²) in [4.78, 5) is 23.5. The number of nitrogens with zero attached hydrogens (tertiary/aromatic N) is 2. The van der Waals surface area contributed by atoms with Gasteiger partial charge in [-0.2, -0.15) is 0 Å². The zero-order valence-corrected chi connectivity index (χ0v) is 10.5. The fraction of sp³-hybridized carbons (Fsp3) is 0.308. The fourth-order valence-corrected chi connectivity index (χ4v) is 2.35. The summed E-state index contributed by atoms with van der Waals surface area (Å²) in [5.41, 5.74) is 2.35. The van der Waals surface area contributed by atoms with Crippen LogP contribution in [0.5, 0.6) is 0 Å². The highest BCUT2D eigenvalue weighted by molar-refractivity contribution is 6.30. The van der Waals surface area contributed by atoms with Crippen LogP contribution in [-0.2, 0) is 12.8 Å². The Labute approximate surface area is 109 Å². The minimum absolute atomic E-state index is 0.0357. The molecule has 0 aliphatic heterocycles. The average molecular weight is 262 g/mol. The molecule has 2 aromatic rings. The molecule has 3 rings (SSSR count). The molecule has 1 aliphatic rings.